The lowest BCUT2D eigenvalue weighted by Gasteiger charge is -2.29. The molecule has 26 heavy (non-hydrogen) atoms. The summed E-state index contributed by atoms with van der Waals surface area (Å²) < 4.78 is 6.66. The number of ether oxygens (including phenoxy) is 1. The second kappa shape index (κ2) is 6.34. The summed E-state index contributed by atoms with van der Waals surface area (Å²) in [7, 11) is 1.58. The highest BCUT2D eigenvalue weighted by Crippen LogP contribution is 2.31. The molecule has 3 amide bonds. The lowest BCUT2D eigenvalue weighted by atomic mass is 10.0. The SMILES string of the molecule is COCc1cn(-c2cccc3c2CN(C2CCC(=O)NC2=O)C3=O)nn1. The summed E-state index contributed by atoms with van der Waals surface area (Å²) >= 11 is 0. The van der Waals surface area contributed by atoms with Crippen molar-refractivity contribution < 1.29 is 19.1 Å². The molecule has 1 saturated heterocycles. The van der Waals surface area contributed by atoms with Gasteiger partial charge in [-0.15, -0.1) is 5.10 Å². The van der Waals surface area contributed by atoms with Crippen molar-refractivity contribution in [2.45, 2.75) is 32.0 Å². The number of methoxy groups -OCH3 is 1. The molecule has 2 aliphatic rings. The molecule has 1 aromatic carbocycles. The fourth-order valence-electron chi connectivity index (χ4n) is 3.41. The first-order chi connectivity index (χ1) is 12.6. The van der Waals surface area contributed by atoms with E-state index in [1.165, 1.54) is 4.90 Å². The van der Waals surface area contributed by atoms with Crippen LogP contribution in [0, 0.1) is 0 Å². The Morgan fingerprint density at radius 1 is 1.31 bits per heavy atom. The Kier molecular flexibility index (Phi) is 4.00. The molecule has 0 bridgehead atoms. The van der Waals surface area contributed by atoms with Crippen LogP contribution in [0.15, 0.2) is 24.4 Å². The second-order valence-corrected chi connectivity index (χ2v) is 6.29. The molecule has 9 nitrogen and oxygen atoms in total. The van der Waals surface area contributed by atoms with E-state index in [9.17, 15) is 14.4 Å². The van der Waals surface area contributed by atoms with E-state index in [1.807, 2.05) is 6.07 Å². The standard InChI is InChI=1S/C17H17N5O4/c1-26-9-10-7-22(20-19-10)13-4-2-3-11-12(13)8-21(17(11)25)14-5-6-15(23)18-16(14)24/h2-4,7,14H,5-6,8-9H2,1H3,(H,18,23,24). The van der Waals surface area contributed by atoms with Crippen molar-refractivity contribution in [1.29, 1.82) is 0 Å². The van der Waals surface area contributed by atoms with Crippen molar-refractivity contribution in [2.75, 3.05) is 7.11 Å². The minimum atomic E-state index is -0.639. The van der Waals surface area contributed by atoms with E-state index in [2.05, 4.69) is 15.6 Å². The maximum Gasteiger partial charge on any atom is 0.255 e. The Morgan fingerprint density at radius 3 is 2.92 bits per heavy atom. The van der Waals surface area contributed by atoms with Crippen LogP contribution in [-0.4, -0.2) is 50.8 Å². The van der Waals surface area contributed by atoms with E-state index in [-0.39, 0.29) is 24.8 Å². The van der Waals surface area contributed by atoms with Crippen LogP contribution in [-0.2, 0) is 27.5 Å². The van der Waals surface area contributed by atoms with Crippen LogP contribution in [0.2, 0.25) is 0 Å². The maximum atomic E-state index is 12.8. The van der Waals surface area contributed by atoms with Gasteiger partial charge in [-0.05, 0) is 18.6 Å². The second-order valence-electron chi connectivity index (χ2n) is 6.29. The Morgan fingerprint density at radius 2 is 2.15 bits per heavy atom. The van der Waals surface area contributed by atoms with Crippen LogP contribution in [0.3, 0.4) is 0 Å². The molecule has 1 unspecified atom stereocenters. The third kappa shape index (κ3) is 2.66. The zero-order chi connectivity index (χ0) is 18.3. The maximum absolute atomic E-state index is 12.8. The molecule has 1 fully saturated rings. The fourth-order valence-corrected chi connectivity index (χ4v) is 3.41. The Hall–Kier alpha value is -3.07. The van der Waals surface area contributed by atoms with Gasteiger partial charge in [0.1, 0.15) is 11.7 Å². The molecule has 2 aliphatic heterocycles. The van der Waals surface area contributed by atoms with Crippen molar-refractivity contribution >= 4 is 17.7 Å². The molecule has 4 rings (SSSR count). The van der Waals surface area contributed by atoms with E-state index in [0.29, 0.717) is 24.3 Å². The molecule has 0 radical (unpaired) electrons. The average Bonchev–Trinajstić information content (AvgIpc) is 3.21. The molecule has 1 atom stereocenters. The van der Waals surface area contributed by atoms with Gasteiger partial charge < -0.3 is 9.64 Å². The molecular weight excluding hydrogens is 338 g/mol. The minimum absolute atomic E-state index is 0.214. The molecule has 1 N–H and O–H groups in total. The lowest BCUT2D eigenvalue weighted by Crippen LogP contribution is -2.52. The van der Waals surface area contributed by atoms with Gasteiger partial charge in [-0.25, -0.2) is 4.68 Å². The summed E-state index contributed by atoms with van der Waals surface area (Å²) in [6.07, 6.45) is 2.31. The Balaban J connectivity index is 1.66. The molecule has 0 aliphatic carbocycles. The minimum Gasteiger partial charge on any atom is -0.378 e. The number of hydrogen-bond acceptors (Lipinski definition) is 6. The topological polar surface area (TPSA) is 106 Å². The van der Waals surface area contributed by atoms with Crippen molar-refractivity contribution in [1.82, 2.24) is 25.2 Å². The number of nitrogens with zero attached hydrogens (tertiary/aromatic N) is 4. The fraction of sp³-hybridized carbons (Fsp3) is 0.353. The molecule has 134 valence electrons. The number of carbonyl (C=O) groups excluding carboxylic acids is 3. The predicted octanol–water partition coefficient (Wildman–Crippen LogP) is 0.175. The van der Waals surface area contributed by atoms with Crippen LogP contribution < -0.4 is 5.32 Å². The van der Waals surface area contributed by atoms with E-state index in [4.69, 9.17) is 4.74 Å². The Bertz CT molecular complexity index is 906. The number of fused-ring (bicyclic) bond motifs is 1. The zero-order valence-electron chi connectivity index (χ0n) is 14.1. The number of piperidine rings is 1. The number of nitrogens with one attached hydrogen (secondary N) is 1. The zero-order valence-corrected chi connectivity index (χ0v) is 14.1. The lowest BCUT2D eigenvalue weighted by molar-refractivity contribution is -0.136. The van der Waals surface area contributed by atoms with Gasteiger partial charge in [0.15, 0.2) is 0 Å². The first kappa shape index (κ1) is 16.4. The van der Waals surface area contributed by atoms with Crippen molar-refractivity contribution in [2.24, 2.45) is 0 Å². The molecule has 2 aromatic rings. The summed E-state index contributed by atoms with van der Waals surface area (Å²) in [5.74, 6) is -0.940. The molecule has 1 aromatic heterocycles. The Labute approximate surface area is 148 Å². The highest BCUT2D eigenvalue weighted by atomic mass is 16.5. The molecular formula is C17H17N5O4. The van der Waals surface area contributed by atoms with E-state index in [1.54, 1.807) is 30.1 Å². The molecule has 0 spiro atoms. The van der Waals surface area contributed by atoms with Gasteiger partial charge in [0, 0.05) is 31.2 Å². The van der Waals surface area contributed by atoms with Crippen molar-refractivity contribution in [3.63, 3.8) is 0 Å². The average molecular weight is 355 g/mol. The van der Waals surface area contributed by atoms with Gasteiger partial charge in [0.25, 0.3) is 5.91 Å². The van der Waals surface area contributed by atoms with Gasteiger partial charge in [-0.3, -0.25) is 19.7 Å². The van der Waals surface area contributed by atoms with Crippen LogP contribution in [0.5, 0.6) is 0 Å². The van der Waals surface area contributed by atoms with Gasteiger partial charge in [0.05, 0.1) is 18.5 Å². The van der Waals surface area contributed by atoms with E-state index < -0.39 is 11.9 Å². The highest BCUT2D eigenvalue weighted by Gasteiger charge is 2.40. The number of benzene rings is 1. The first-order valence-corrected chi connectivity index (χ1v) is 8.25. The van der Waals surface area contributed by atoms with Gasteiger partial charge in [0.2, 0.25) is 11.8 Å². The summed E-state index contributed by atoms with van der Waals surface area (Å²) in [5.41, 5.74) is 2.74. The molecule has 3 heterocycles. The van der Waals surface area contributed by atoms with Gasteiger partial charge in [-0.1, -0.05) is 11.3 Å². The molecule has 0 saturated carbocycles. The largest absolute Gasteiger partial charge is 0.378 e. The summed E-state index contributed by atoms with van der Waals surface area (Å²) in [5, 5.41) is 10.5. The van der Waals surface area contributed by atoms with Gasteiger partial charge >= 0.3 is 0 Å². The molecule has 9 heteroatoms. The summed E-state index contributed by atoms with van der Waals surface area (Å²) in [6, 6.07) is 4.73. The van der Waals surface area contributed by atoms with Crippen molar-refractivity contribution in [3.05, 3.63) is 41.2 Å². The number of imide groups is 1. The summed E-state index contributed by atoms with van der Waals surface area (Å²) in [4.78, 5) is 37.8. The normalized spacial score (nSPS) is 19.7. The first-order valence-electron chi connectivity index (χ1n) is 8.25. The van der Waals surface area contributed by atoms with Crippen LogP contribution >= 0.6 is 0 Å². The van der Waals surface area contributed by atoms with E-state index in [0.717, 1.165) is 11.3 Å². The quantitative estimate of drug-likeness (QED) is 0.784. The summed E-state index contributed by atoms with van der Waals surface area (Å²) in [6.45, 7) is 0.631. The smallest absolute Gasteiger partial charge is 0.255 e. The number of rotatable bonds is 4. The number of amides is 3. The van der Waals surface area contributed by atoms with Crippen molar-refractivity contribution in [3.8, 4) is 5.69 Å². The number of hydrogen-bond donors (Lipinski definition) is 1. The number of carbonyl (C=O) groups is 3. The highest BCUT2D eigenvalue weighted by molar-refractivity contribution is 6.05. The van der Waals surface area contributed by atoms with Crippen LogP contribution in [0.25, 0.3) is 5.69 Å². The number of aromatic nitrogens is 3. The third-order valence-electron chi connectivity index (χ3n) is 4.64. The predicted molar refractivity (Wildman–Crippen MR) is 88.1 cm³/mol. The van der Waals surface area contributed by atoms with Crippen LogP contribution in [0.1, 0.15) is 34.5 Å². The van der Waals surface area contributed by atoms with Crippen LogP contribution in [0.4, 0.5) is 0 Å². The third-order valence-corrected chi connectivity index (χ3v) is 4.64. The van der Waals surface area contributed by atoms with E-state index >= 15 is 0 Å². The monoisotopic (exact) mass is 355 g/mol. The van der Waals surface area contributed by atoms with Gasteiger partial charge in [-0.2, -0.15) is 0 Å².